The highest BCUT2D eigenvalue weighted by Gasteiger charge is 2.19. The Balaban J connectivity index is 0. The molecule has 0 aliphatic heterocycles. The minimum absolute atomic E-state index is 0.145. The topological polar surface area (TPSA) is 130 Å². The molecule has 0 aromatic heterocycles. The predicted octanol–water partition coefficient (Wildman–Crippen LogP) is 0.130. The van der Waals surface area contributed by atoms with Crippen LogP contribution in [0.15, 0.2) is 0 Å². The highest BCUT2D eigenvalue weighted by molar-refractivity contribution is 8.76. The van der Waals surface area contributed by atoms with Crippen LogP contribution in [0.1, 0.15) is 6.92 Å². The van der Waals surface area contributed by atoms with E-state index in [0.717, 1.165) is 21.6 Å². The van der Waals surface area contributed by atoms with Crippen LogP contribution in [0, 0.1) is 0 Å². The van der Waals surface area contributed by atoms with Crippen molar-refractivity contribution in [1.29, 1.82) is 0 Å². The molecule has 0 unspecified atom stereocenters. The van der Waals surface area contributed by atoms with Gasteiger partial charge in [0.15, 0.2) is 0 Å². The van der Waals surface area contributed by atoms with E-state index in [4.69, 9.17) is 15.9 Å². The molecule has 1 amide bonds. The van der Waals surface area contributed by atoms with Gasteiger partial charge in [-0.1, -0.05) is 21.6 Å². The summed E-state index contributed by atoms with van der Waals surface area (Å²) in [5.41, 5.74) is 5.25. The number of rotatable bonds is 8. The van der Waals surface area contributed by atoms with Gasteiger partial charge in [0.25, 0.3) is 0 Å². The van der Waals surface area contributed by atoms with Crippen LogP contribution in [0.25, 0.3) is 0 Å². The summed E-state index contributed by atoms with van der Waals surface area (Å²) in [6.07, 6.45) is 0. The summed E-state index contributed by atoms with van der Waals surface area (Å²) in [7, 11) is 2.31. The molecule has 0 aliphatic rings. The summed E-state index contributed by atoms with van der Waals surface area (Å²) in [6.45, 7) is 1.23. The molecular weight excluding hydrogens is 332 g/mol. The van der Waals surface area contributed by atoms with Gasteiger partial charge in [-0.3, -0.25) is 9.59 Å². The maximum Gasteiger partial charge on any atom is 0.327 e. The third-order valence-corrected chi connectivity index (χ3v) is 4.01. The van der Waals surface area contributed by atoms with Gasteiger partial charge in [0.2, 0.25) is 5.91 Å². The highest BCUT2D eigenvalue weighted by Crippen LogP contribution is 2.22. The third-order valence-electron chi connectivity index (χ3n) is 1.56. The second-order valence-corrected chi connectivity index (χ2v) is 5.66. The fourth-order valence-corrected chi connectivity index (χ4v) is 3.00. The molecule has 5 N–H and O–H groups in total. The number of thiol groups is 2. The lowest BCUT2D eigenvalue weighted by atomic mass is 10.3. The van der Waals surface area contributed by atoms with Crippen LogP contribution in [0.5, 0.6) is 0 Å². The van der Waals surface area contributed by atoms with Gasteiger partial charge in [-0.2, -0.15) is 0 Å². The molecule has 0 heterocycles. The first kappa shape index (κ1) is 21.1. The third kappa shape index (κ3) is 12.5. The maximum atomic E-state index is 10.7. The molecule has 0 saturated carbocycles. The van der Waals surface area contributed by atoms with Gasteiger partial charge in [0.05, 0.1) is 0 Å². The first-order chi connectivity index (χ1) is 8.84. The van der Waals surface area contributed by atoms with Crippen LogP contribution in [0.4, 0.5) is 0 Å². The smallest absolute Gasteiger partial charge is 0.327 e. The van der Waals surface area contributed by atoms with Crippen molar-refractivity contribution in [1.82, 2.24) is 5.32 Å². The van der Waals surface area contributed by atoms with Crippen LogP contribution in [-0.2, 0) is 14.4 Å². The van der Waals surface area contributed by atoms with Gasteiger partial charge < -0.3 is 21.3 Å². The Morgan fingerprint density at radius 2 is 1.63 bits per heavy atom. The number of carbonyl (C=O) groups is 3. The summed E-state index contributed by atoms with van der Waals surface area (Å²) in [6, 6.07) is -1.96. The number of aliphatic carboxylic acids is 2. The monoisotopic (exact) mass is 348 g/mol. The minimum Gasteiger partial charge on any atom is -0.480 e. The molecule has 0 aromatic rings. The zero-order chi connectivity index (χ0) is 15.4. The van der Waals surface area contributed by atoms with Gasteiger partial charge in [-0.25, -0.2) is 4.79 Å². The van der Waals surface area contributed by atoms with Gasteiger partial charge >= 0.3 is 11.9 Å². The van der Waals surface area contributed by atoms with E-state index in [-0.39, 0.29) is 11.5 Å². The standard InChI is InChI=1S/C8H14N2O5S2.H2S2/c1-4(11)10-6(8(14)15)3-17-16-2-5(9)7(12)13;1-2/h5-6H,2-3,9H2,1H3,(H,10,11)(H,12,13)(H,14,15);1-2H/t5-,6-;/m0./s1. The number of hydrogen-bond donors (Lipinski definition) is 6. The normalized spacial score (nSPS) is 12.6. The molecule has 19 heavy (non-hydrogen) atoms. The predicted molar refractivity (Wildman–Crippen MR) is 83.7 cm³/mol. The molecule has 2 atom stereocenters. The summed E-state index contributed by atoms with van der Waals surface area (Å²) >= 11 is 6.44. The molecule has 0 fully saturated rings. The quantitative estimate of drug-likeness (QED) is 0.207. The van der Waals surface area contributed by atoms with E-state index >= 15 is 0 Å². The van der Waals surface area contributed by atoms with Crippen molar-refractivity contribution >= 4 is 62.8 Å². The average molecular weight is 348 g/mol. The van der Waals surface area contributed by atoms with Crippen LogP contribution in [0.3, 0.4) is 0 Å². The van der Waals surface area contributed by atoms with Crippen LogP contribution < -0.4 is 11.1 Å². The number of hydrogen-bond acceptors (Lipinski definition) is 8. The molecule has 11 heteroatoms. The van der Waals surface area contributed by atoms with Crippen molar-refractivity contribution in [3.05, 3.63) is 0 Å². The highest BCUT2D eigenvalue weighted by atomic mass is 33.1. The Morgan fingerprint density at radius 1 is 1.16 bits per heavy atom. The molecule has 0 saturated heterocycles. The molecule has 7 nitrogen and oxygen atoms in total. The van der Waals surface area contributed by atoms with Gasteiger partial charge in [-0.05, 0) is 0 Å². The van der Waals surface area contributed by atoms with E-state index in [1.807, 2.05) is 0 Å². The van der Waals surface area contributed by atoms with E-state index in [2.05, 4.69) is 28.6 Å². The summed E-state index contributed by atoms with van der Waals surface area (Å²) in [5.74, 6) is -2.34. The van der Waals surface area contributed by atoms with Crippen molar-refractivity contribution in [2.75, 3.05) is 11.5 Å². The lowest BCUT2D eigenvalue weighted by Gasteiger charge is -2.12. The zero-order valence-corrected chi connectivity index (χ0v) is 13.4. The van der Waals surface area contributed by atoms with E-state index in [0.29, 0.717) is 0 Å². The first-order valence-corrected chi connectivity index (χ1v) is 8.86. The van der Waals surface area contributed by atoms with Crippen LogP contribution in [-0.4, -0.2) is 51.6 Å². The fraction of sp³-hybridized carbons (Fsp3) is 0.625. The Kier molecular flexibility index (Phi) is 14.2. The van der Waals surface area contributed by atoms with Crippen molar-refractivity contribution < 1.29 is 24.6 Å². The van der Waals surface area contributed by atoms with Crippen molar-refractivity contribution in [3.8, 4) is 0 Å². The number of amides is 1. The average Bonchev–Trinajstić information content (AvgIpc) is 2.34. The Labute approximate surface area is 129 Å². The Bertz CT molecular complexity index is 305. The lowest BCUT2D eigenvalue weighted by Crippen LogP contribution is -2.41. The number of carboxylic acid groups (broad SMARTS) is 2. The van der Waals surface area contributed by atoms with Crippen molar-refractivity contribution in [3.63, 3.8) is 0 Å². The van der Waals surface area contributed by atoms with E-state index in [1.54, 1.807) is 0 Å². The molecule has 0 rings (SSSR count). The number of carboxylic acids is 2. The van der Waals surface area contributed by atoms with Gasteiger partial charge in [0.1, 0.15) is 12.1 Å². The van der Waals surface area contributed by atoms with E-state index in [1.165, 1.54) is 6.92 Å². The number of nitrogens with two attached hydrogens (primary N) is 1. The SMILES string of the molecule is CC(=O)N[C@@H](CSSC[C@H](N)C(=O)O)C(=O)O.SS. The lowest BCUT2D eigenvalue weighted by molar-refractivity contribution is -0.140. The maximum absolute atomic E-state index is 10.7. The van der Waals surface area contributed by atoms with Crippen molar-refractivity contribution in [2.45, 2.75) is 19.0 Å². The van der Waals surface area contributed by atoms with E-state index in [9.17, 15) is 14.4 Å². The van der Waals surface area contributed by atoms with E-state index < -0.39 is 29.9 Å². The Morgan fingerprint density at radius 3 is 2.00 bits per heavy atom. The van der Waals surface area contributed by atoms with Crippen LogP contribution >= 0.6 is 44.9 Å². The number of carbonyl (C=O) groups excluding carboxylic acids is 1. The second kappa shape index (κ2) is 12.8. The number of nitrogens with one attached hydrogen (secondary N) is 1. The molecule has 0 radical (unpaired) electrons. The summed E-state index contributed by atoms with van der Waals surface area (Å²) < 4.78 is 0. The fourth-order valence-electron chi connectivity index (χ4n) is 0.729. The largest absolute Gasteiger partial charge is 0.480 e. The van der Waals surface area contributed by atoms with Gasteiger partial charge in [0, 0.05) is 18.4 Å². The van der Waals surface area contributed by atoms with Gasteiger partial charge in [-0.15, -0.1) is 23.3 Å². The zero-order valence-electron chi connectivity index (χ0n) is 9.98. The van der Waals surface area contributed by atoms with Crippen LogP contribution in [0.2, 0.25) is 0 Å². The molecule has 0 aliphatic carbocycles. The molecular formula is C8H16N2O5S4. The minimum atomic E-state index is -1.13. The second-order valence-electron chi connectivity index (χ2n) is 3.11. The first-order valence-electron chi connectivity index (χ1n) is 4.77. The molecule has 0 aromatic carbocycles. The molecule has 0 spiro atoms. The molecule has 0 bridgehead atoms. The summed E-state index contributed by atoms with van der Waals surface area (Å²) in [5, 5.41) is 19.5. The summed E-state index contributed by atoms with van der Waals surface area (Å²) in [4.78, 5) is 31.8. The van der Waals surface area contributed by atoms with Crippen molar-refractivity contribution in [2.24, 2.45) is 5.73 Å². The molecule has 112 valence electrons. The Hall–Kier alpha value is -0.230.